The van der Waals surface area contributed by atoms with Crippen LogP contribution in [0, 0.1) is 0 Å². The predicted molar refractivity (Wildman–Crippen MR) is 90.2 cm³/mol. The molecular weight excluding hydrogens is 290 g/mol. The van der Waals surface area contributed by atoms with Crippen LogP contribution in [0.3, 0.4) is 0 Å². The Morgan fingerprint density at radius 3 is 2.70 bits per heavy atom. The maximum Gasteiger partial charge on any atom is 0.317 e. The van der Waals surface area contributed by atoms with Gasteiger partial charge in [0.25, 0.3) is 0 Å². The third-order valence-electron chi connectivity index (χ3n) is 5.16. The molecular formula is C17H29N5O. The Bertz CT molecular complexity index is 523. The van der Waals surface area contributed by atoms with E-state index < -0.39 is 0 Å². The molecule has 23 heavy (non-hydrogen) atoms. The van der Waals surface area contributed by atoms with Gasteiger partial charge in [-0.3, -0.25) is 9.58 Å². The lowest BCUT2D eigenvalue weighted by Crippen LogP contribution is -2.47. The lowest BCUT2D eigenvalue weighted by Gasteiger charge is -2.31. The van der Waals surface area contributed by atoms with Gasteiger partial charge in [-0.2, -0.15) is 5.10 Å². The molecule has 1 N–H and O–H groups in total. The van der Waals surface area contributed by atoms with Crippen molar-refractivity contribution in [3.05, 3.63) is 18.0 Å². The highest BCUT2D eigenvalue weighted by atomic mass is 16.2. The van der Waals surface area contributed by atoms with Gasteiger partial charge in [0.2, 0.25) is 0 Å². The van der Waals surface area contributed by atoms with Crippen LogP contribution in [0.5, 0.6) is 0 Å². The molecule has 1 aromatic heterocycles. The molecule has 6 heteroatoms. The molecule has 2 amide bonds. The SMILES string of the molecule is C[C@@H](NC(=O)N1CCCC[C@H](N2CCCC2)C1)c1cnn(C)c1. The molecule has 0 bridgehead atoms. The second-order valence-corrected chi connectivity index (χ2v) is 6.96. The first-order valence-electron chi connectivity index (χ1n) is 8.91. The van der Waals surface area contributed by atoms with Crippen LogP contribution in [0.2, 0.25) is 0 Å². The van der Waals surface area contributed by atoms with Gasteiger partial charge in [0.1, 0.15) is 0 Å². The minimum atomic E-state index is -0.00955. The number of hydrogen-bond acceptors (Lipinski definition) is 3. The van der Waals surface area contributed by atoms with Gasteiger partial charge < -0.3 is 10.2 Å². The number of carbonyl (C=O) groups is 1. The molecule has 2 aliphatic rings. The van der Waals surface area contributed by atoms with Gasteiger partial charge in [0, 0.05) is 37.9 Å². The minimum Gasteiger partial charge on any atom is -0.331 e. The van der Waals surface area contributed by atoms with Crippen molar-refractivity contribution in [1.29, 1.82) is 0 Å². The highest BCUT2D eigenvalue weighted by Crippen LogP contribution is 2.21. The smallest absolute Gasteiger partial charge is 0.317 e. The lowest BCUT2D eigenvalue weighted by molar-refractivity contribution is 0.164. The topological polar surface area (TPSA) is 53.4 Å². The monoisotopic (exact) mass is 319 g/mol. The zero-order chi connectivity index (χ0) is 16.2. The van der Waals surface area contributed by atoms with Gasteiger partial charge in [-0.15, -0.1) is 0 Å². The molecule has 2 saturated heterocycles. The van der Waals surface area contributed by atoms with Gasteiger partial charge in [-0.1, -0.05) is 6.42 Å². The van der Waals surface area contributed by atoms with Crippen LogP contribution in [-0.4, -0.2) is 57.8 Å². The van der Waals surface area contributed by atoms with E-state index in [9.17, 15) is 4.79 Å². The van der Waals surface area contributed by atoms with Gasteiger partial charge in [-0.25, -0.2) is 4.79 Å². The number of nitrogens with one attached hydrogen (secondary N) is 1. The summed E-state index contributed by atoms with van der Waals surface area (Å²) >= 11 is 0. The normalized spacial score (nSPS) is 24.4. The largest absolute Gasteiger partial charge is 0.331 e. The minimum absolute atomic E-state index is 0.00955. The Labute approximate surface area is 138 Å². The van der Waals surface area contributed by atoms with Crippen molar-refractivity contribution in [1.82, 2.24) is 24.9 Å². The molecule has 2 atom stereocenters. The first kappa shape index (κ1) is 16.3. The van der Waals surface area contributed by atoms with Crippen molar-refractivity contribution in [2.45, 2.75) is 51.1 Å². The van der Waals surface area contributed by atoms with Crippen molar-refractivity contribution in [3.8, 4) is 0 Å². The summed E-state index contributed by atoms with van der Waals surface area (Å²) in [6.45, 7) is 6.16. The van der Waals surface area contributed by atoms with E-state index in [4.69, 9.17) is 0 Å². The fourth-order valence-electron chi connectivity index (χ4n) is 3.73. The van der Waals surface area contributed by atoms with Crippen molar-refractivity contribution in [2.75, 3.05) is 26.2 Å². The number of urea groups is 1. The number of hydrogen-bond donors (Lipinski definition) is 1. The van der Waals surface area contributed by atoms with E-state index in [-0.39, 0.29) is 12.1 Å². The molecule has 0 unspecified atom stereocenters. The molecule has 0 saturated carbocycles. The fraction of sp³-hybridized carbons (Fsp3) is 0.765. The molecule has 0 radical (unpaired) electrons. The first-order valence-corrected chi connectivity index (χ1v) is 8.91. The Hall–Kier alpha value is -1.56. The summed E-state index contributed by atoms with van der Waals surface area (Å²) in [5, 5.41) is 7.32. The number of nitrogens with zero attached hydrogens (tertiary/aromatic N) is 4. The van der Waals surface area contributed by atoms with Crippen LogP contribution in [0.15, 0.2) is 12.4 Å². The number of carbonyl (C=O) groups excluding carboxylic acids is 1. The summed E-state index contributed by atoms with van der Waals surface area (Å²) in [6, 6.07) is 0.594. The summed E-state index contributed by atoms with van der Waals surface area (Å²) < 4.78 is 1.77. The molecule has 6 nitrogen and oxygen atoms in total. The molecule has 1 aromatic rings. The van der Waals surface area contributed by atoms with E-state index in [0.717, 1.165) is 25.1 Å². The quantitative estimate of drug-likeness (QED) is 0.929. The van der Waals surface area contributed by atoms with E-state index in [1.54, 1.807) is 4.68 Å². The molecule has 2 aliphatic heterocycles. The average Bonchev–Trinajstić information content (AvgIpc) is 3.14. The zero-order valence-corrected chi connectivity index (χ0v) is 14.4. The second kappa shape index (κ2) is 7.34. The summed E-state index contributed by atoms with van der Waals surface area (Å²) in [5.74, 6) is 0. The van der Waals surface area contributed by atoms with Crippen molar-refractivity contribution < 1.29 is 4.79 Å². The Balaban J connectivity index is 1.58. The fourth-order valence-corrected chi connectivity index (χ4v) is 3.73. The molecule has 0 aromatic carbocycles. The van der Waals surface area contributed by atoms with Crippen LogP contribution in [0.25, 0.3) is 0 Å². The third kappa shape index (κ3) is 4.05. The summed E-state index contributed by atoms with van der Waals surface area (Å²) in [7, 11) is 1.90. The third-order valence-corrected chi connectivity index (χ3v) is 5.16. The standard InChI is InChI=1S/C17H29N5O/c1-14(15-11-18-20(2)12-15)19-17(23)22-10-4-3-7-16(13-22)21-8-5-6-9-21/h11-12,14,16H,3-10,13H2,1-2H3,(H,19,23)/t14-,16+/m1/s1. The van der Waals surface area contributed by atoms with Crippen molar-refractivity contribution >= 4 is 6.03 Å². The molecule has 0 aliphatic carbocycles. The van der Waals surface area contributed by atoms with E-state index in [1.165, 1.54) is 38.8 Å². The van der Waals surface area contributed by atoms with E-state index >= 15 is 0 Å². The summed E-state index contributed by atoms with van der Waals surface area (Å²) in [4.78, 5) is 17.3. The maximum absolute atomic E-state index is 12.7. The molecule has 0 spiro atoms. The highest BCUT2D eigenvalue weighted by Gasteiger charge is 2.28. The van der Waals surface area contributed by atoms with Crippen molar-refractivity contribution in [3.63, 3.8) is 0 Å². The molecule has 2 fully saturated rings. The molecule has 128 valence electrons. The van der Waals surface area contributed by atoms with Crippen LogP contribution in [-0.2, 0) is 7.05 Å². The van der Waals surface area contributed by atoms with Gasteiger partial charge in [0.05, 0.1) is 12.2 Å². The second-order valence-electron chi connectivity index (χ2n) is 6.96. The summed E-state index contributed by atoms with van der Waals surface area (Å²) in [5.41, 5.74) is 1.05. The van der Waals surface area contributed by atoms with Crippen LogP contribution >= 0.6 is 0 Å². The van der Waals surface area contributed by atoms with Gasteiger partial charge in [-0.05, 0) is 45.7 Å². The van der Waals surface area contributed by atoms with E-state index in [0.29, 0.717) is 6.04 Å². The average molecular weight is 319 g/mol. The van der Waals surface area contributed by atoms with Crippen LogP contribution < -0.4 is 5.32 Å². The Morgan fingerprint density at radius 1 is 1.26 bits per heavy atom. The number of amides is 2. The van der Waals surface area contributed by atoms with Crippen LogP contribution in [0.1, 0.15) is 50.6 Å². The lowest BCUT2D eigenvalue weighted by atomic mass is 10.1. The van der Waals surface area contributed by atoms with E-state index in [1.807, 2.05) is 31.3 Å². The molecule has 3 rings (SSSR count). The summed E-state index contributed by atoms with van der Waals surface area (Å²) in [6.07, 6.45) is 9.95. The predicted octanol–water partition coefficient (Wildman–Crippen LogP) is 2.14. The highest BCUT2D eigenvalue weighted by molar-refractivity contribution is 5.74. The van der Waals surface area contributed by atoms with E-state index in [2.05, 4.69) is 15.3 Å². The number of likely N-dealkylation sites (tertiary alicyclic amines) is 2. The zero-order valence-electron chi connectivity index (χ0n) is 14.4. The number of rotatable bonds is 3. The number of aromatic nitrogens is 2. The van der Waals surface area contributed by atoms with Gasteiger partial charge in [0.15, 0.2) is 0 Å². The molecule has 3 heterocycles. The number of aryl methyl sites for hydroxylation is 1. The van der Waals surface area contributed by atoms with Gasteiger partial charge >= 0.3 is 6.03 Å². The van der Waals surface area contributed by atoms with Crippen LogP contribution in [0.4, 0.5) is 4.79 Å². The Kier molecular flexibility index (Phi) is 5.20. The van der Waals surface area contributed by atoms with Crippen molar-refractivity contribution in [2.24, 2.45) is 7.05 Å². The Morgan fingerprint density at radius 2 is 2.00 bits per heavy atom. The maximum atomic E-state index is 12.7. The first-order chi connectivity index (χ1) is 11.1.